The summed E-state index contributed by atoms with van der Waals surface area (Å²) in [5.41, 5.74) is 7.35. The molecule has 0 spiro atoms. The predicted molar refractivity (Wildman–Crippen MR) is 86.8 cm³/mol. The normalized spacial score (nSPS) is 9.60. The molecule has 0 heterocycles. The third kappa shape index (κ3) is 79.9. The van der Waals surface area contributed by atoms with Crippen molar-refractivity contribution in [2.24, 2.45) is 0 Å². The third-order valence-corrected chi connectivity index (χ3v) is 1.21. The van der Waals surface area contributed by atoms with Crippen molar-refractivity contribution in [1.29, 1.82) is 0 Å². The van der Waals surface area contributed by atoms with Gasteiger partial charge in [0.05, 0.1) is 13.1 Å². The van der Waals surface area contributed by atoms with Crippen molar-refractivity contribution in [3.63, 3.8) is 0 Å². The minimum atomic E-state index is -2.03. The molecule has 96 valence electrons. The van der Waals surface area contributed by atoms with Gasteiger partial charge in [-0.2, -0.15) is 0 Å². The van der Waals surface area contributed by atoms with Crippen molar-refractivity contribution in [2.75, 3.05) is 13.1 Å². The third-order valence-electron chi connectivity index (χ3n) is 1.21. The second-order valence-electron chi connectivity index (χ2n) is 2.84. The zero-order valence-corrected chi connectivity index (χ0v) is 19.9. The van der Waals surface area contributed by atoms with Gasteiger partial charge in [0, 0.05) is 0 Å². The molecule has 0 amide bonds. The molecule has 0 aliphatic carbocycles. The minimum absolute atomic E-state index is 1.09. The summed E-state index contributed by atoms with van der Waals surface area (Å²) >= 11 is 11.4. The molecule has 0 atom stereocenters. The van der Waals surface area contributed by atoms with E-state index in [1.165, 1.54) is 25.7 Å². The molecule has 6 N–H and O–H groups in total. The van der Waals surface area contributed by atoms with E-state index in [0.717, 1.165) is 13.1 Å². The van der Waals surface area contributed by atoms with E-state index in [4.69, 9.17) is 0 Å². The van der Waals surface area contributed by atoms with Crippen LogP contribution >= 0.6 is 47.9 Å². The molecule has 0 bridgehead atoms. The van der Waals surface area contributed by atoms with Gasteiger partial charge in [-0.05, 0) is 12.8 Å². The van der Waals surface area contributed by atoms with Gasteiger partial charge in [-0.25, -0.2) is 0 Å². The zero-order chi connectivity index (χ0) is 12.7. The fourth-order valence-electron chi connectivity index (χ4n) is 0.500. The van der Waals surface area contributed by atoms with Gasteiger partial charge in [0.25, 0.3) is 0 Å². The van der Waals surface area contributed by atoms with E-state index in [0.29, 0.717) is 0 Å². The molecule has 0 fully saturated rings. The molecule has 7 heteroatoms. The van der Waals surface area contributed by atoms with E-state index in [9.17, 15) is 0 Å². The molecule has 0 saturated heterocycles. The Morgan fingerprint density at radius 2 is 1.00 bits per heavy atom. The molecular weight excluding hydrogens is 651 g/mol. The van der Waals surface area contributed by atoms with Crippen molar-refractivity contribution in [3.8, 4) is 0 Å². The first kappa shape index (κ1) is 22.9. The van der Waals surface area contributed by atoms with Crippen LogP contribution < -0.4 is 11.5 Å². The van der Waals surface area contributed by atoms with E-state index in [-0.39, 0.29) is 0 Å². The quantitative estimate of drug-likeness (QED) is 0.432. The second-order valence-corrected chi connectivity index (χ2v) is 104. The van der Waals surface area contributed by atoms with Crippen molar-refractivity contribution < 1.29 is 11.5 Å². The maximum atomic E-state index is 3.68. The van der Waals surface area contributed by atoms with Crippen molar-refractivity contribution in [3.05, 3.63) is 0 Å². The van der Waals surface area contributed by atoms with Crippen LogP contribution in [0.25, 0.3) is 0 Å². The summed E-state index contributed by atoms with van der Waals surface area (Å²) in [5, 5.41) is 0. The maximum absolute atomic E-state index is 3.68. The Morgan fingerprint density at radius 1 is 0.800 bits per heavy atom. The van der Waals surface area contributed by atoms with Gasteiger partial charge in [-0.1, -0.05) is 26.7 Å². The van der Waals surface area contributed by atoms with Gasteiger partial charge >= 0.3 is 59.5 Å². The Labute approximate surface area is 122 Å². The molecule has 0 aromatic rings. The van der Waals surface area contributed by atoms with Crippen LogP contribution in [0.15, 0.2) is 0 Å². The number of quaternary nitrogens is 2. The van der Waals surface area contributed by atoms with Crippen molar-refractivity contribution in [2.45, 2.75) is 39.5 Å². The van der Waals surface area contributed by atoms with E-state index in [2.05, 4.69) is 73.3 Å². The molecule has 2 nitrogen and oxygen atoms in total. The van der Waals surface area contributed by atoms with Gasteiger partial charge in [0.1, 0.15) is 0 Å². The Morgan fingerprint density at radius 3 is 1.00 bits per heavy atom. The molecule has 0 aromatic carbocycles. The molecule has 0 saturated carbocycles. The first-order valence-electron chi connectivity index (χ1n) is 5.17. The van der Waals surface area contributed by atoms with Crippen molar-refractivity contribution >= 4 is 59.5 Å². The van der Waals surface area contributed by atoms with Gasteiger partial charge in [-0.15, -0.1) is 0 Å². The molecule has 15 heavy (non-hydrogen) atoms. The molecule has 0 aromatic heterocycles. The number of hydrogen-bond donors (Lipinski definition) is 2. The molecule has 0 aliphatic heterocycles. The Bertz CT molecular complexity index is 85.1. The fourth-order valence-corrected chi connectivity index (χ4v) is 0.500. The molecule has 0 aliphatic rings. The molecule has 0 unspecified atom stereocenters. The van der Waals surface area contributed by atoms with Crippen molar-refractivity contribution in [1.82, 2.24) is 0 Å². The topological polar surface area (TPSA) is 55.3 Å². The number of hydrogen-bond acceptors (Lipinski definition) is 0. The number of rotatable bonds is 4. The number of halogens is 4. The summed E-state index contributed by atoms with van der Waals surface area (Å²) in [5.74, 6) is 0. The summed E-state index contributed by atoms with van der Waals surface area (Å²) in [6.45, 7) is 6.53. The Balaban J connectivity index is -0.000000144. The second kappa shape index (κ2) is 19.1. The summed E-state index contributed by atoms with van der Waals surface area (Å²) in [6.07, 6.45) is 5.12. The summed E-state index contributed by atoms with van der Waals surface area (Å²) in [4.78, 5) is 0. The standard InChI is InChI=1S/2C4H11N.4BrH.Pb/c2*1-2-3-4-5;;;;;/h2*2-5H2,1H3;4*1H;/q;;;;;;+4/p-2. The predicted octanol–water partition coefficient (Wildman–Crippen LogP) is 3.06. The average molecular weight is 675 g/mol. The van der Waals surface area contributed by atoms with Crippen LogP contribution in [0.1, 0.15) is 39.5 Å². The Hall–Kier alpha value is 2.76. The fraction of sp³-hybridized carbons (Fsp3) is 1.00. The van der Waals surface area contributed by atoms with Gasteiger partial charge in [-0.3, -0.25) is 0 Å². The summed E-state index contributed by atoms with van der Waals surface area (Å²) in [6, 6.07) is 0. The van der Waals surface area contributed by atoms with Crippen LogP contribution in [0, 0.1) is 0 Å². The van der Waals surface area contributed by atoms with Crippen LogP contribution in [0.4, 0.5) is 0 Å². The molecule has 0 radical (unpaired) electrons. The summed E-state index contributed by atoms with van der Waals surface area (Å²) < 4.78 is 0. The van der Waals surface area contributed by atoms with Crippen LogP contribution in [-0.4, -0.2) is 24.6 Å². The Kier molecular flexibility index (Phi) is 29.2. The summed E-state index contributed by atoms with van der Waals surface area (Å²) in [7, 11) is 0. The first-order chi connectivity index (χ1) is 6.83. The first-order valence-corrected chi connectivity index (χ1v) is 38.9. The average Bonchev–Trinajstić information content (AvgIpc) is 2.05. The van der Waals surface area contributed by atoms with E-state index in [1.54, 1.807) is 0 Å². The van der Waals surface area contributed by atoms with Crippen LogP contribution in [0.3, 0.4) is 0 Å². The monoisotopic (exact) mass is 672 g/mol. The van der Waals surface area contributed by atoms with E-state index in [1.807, 2.05) is 0 Å². The van der Waals surface area contributed by atoms with Gasteiger partial charge < -0.3 is 11.5 Å². The van der Waals surface area contributed by atoms with Crippen LogP contribution in [-0.2, 0) is 0 Å². The van der Waals surface area contributed by atoms with Crippen LogP contribution in [0.2, 0.25) is 0 Å². The van der Waals surface area contributed by atoms with E-state index < -0.39 is 11.5 Å². The zero-order valence-electron chi connectivity index (χ0n) is 9.67. The molecular formula is C8H24Br4N2Pb+2. The molecule has 0 rings (SSSR count). The van der Waals surface area contributed by atoms with Gasteiger partial charge in [0.15, 0.2) is 0 Å². The van der Waals surface area contributed by atoms with Crippen LogP contribution in [0.5, 0.6) is 0 Å². The SMILES string of the molecule is CCCC[NH3+].CCCC[NH3+].[Br][Pb]([Br])([Br])[Br]. The number of unbranched alkanes of at least 4 members (excludes halogenated alkanes) is 2. The van der Waals surface area contributed by atoms with E-state index >= 15 is 0 Å². The van der Waals surface area contributed by atoms with Gasteiger partial charge in [0.2, 0.25) is 0 Å².